The zero-order chi connectivity index (χ0) is 28.6. The van der Waals surface area contributed by atoms with Crippen LogP contribution in [0.4, 0.5) is 11.4 Å². The third kappa shape index (κ3) is 6.37. The topological polar surface area (TPSA) is 174 Å². The molecule has 40 heavy (non-hydrogen) atoms. The van der Waals surface area contributed by atoms with Gasteiger partial charge in [0.25, 0.3) is 11.8 Å². The molecule has 0 aliphatic carbocycles. The molecule has 1 saturated heterocycles. The van der Waals surface area contributed by atoms with Gasteiger partial charge in [-0.2, -0.15) is 10.2 Å². The molecule has 1 fully saturated rings. The lowest BCUT2D eigenvalue weighted by molar-refractivity contribution is -0.137. The Balaban J connectivity index is 1.50. The van der Waals surface area contributed by atoms with Crippen molar-refractivity contribution in [3.8, 4) is 17.2 Å². The van der Waals surface area contributed by atoms with E-state index in [1.54, 1.807) is 30.3 Å². The number of hydrogen-bond acceptors (Lipinski definition) is 10. The van der Waals surface area contributed by atoms with Crippen LogP contribution in [0.3, 0.4) is 0 Å². The number of nitrogens with zero attached hydrogens (tertiary/aromatic N) is 3. The molecule has 0 aromatic heterocycles. The number of nitrogens with two attached hydrogens (primary N) is 1. The molecule has 0 saturated carbocycles. The lowest BCUT2D eigenvalue weighted by Crippen LogP contribution is -2.52. The number of amides is 4. The summed E-state index contributed by atoms with van der Waals surface area (Å²) in [6.07, 6.45) is 2.04. The lowest BCUT2D eigenvalue weighted by atomic mass is 10.0. The number of methoxy groups -OCH3 is 2. The summed E-state index contributed by atoms with van der Waals surface area (Å²) in [5.74, 6) is -0.580. The van der Waals surface area contributed by atoms with Crippen molar-refractivity contribution in [3.05, 3.63) is 41.5 Å². The fourth-order valence-corrected chi connectivity index (χ4v) is 4.53. The molecule has 0 radical (unpaired) electrons. The van der Waals surface area contributed by atoms with E-state index in [1.807, 2.05) is 0 Å². The molecule has 2 aromatic carbocycles. The minimum atomic E-state index is -0.725. The average molecular weight is 553 g/mol. The molecule has 0 spiro atoms. The van der Waals surface area contributed by atoms with Gasteiger partial charge in [0.05, 0.1) is 25.6 Å². The highest BCUT2D eigenvalue weighted by molar-refractivity contribution is 6.06. The van der Waals surface area contributed by atoms with Gasteiger partial charge >= 0.3 is 0 Å². The van der Waals surface area contributed by atoms with Crippen LogP contribution in [0, 0.1) is 0 Å². The first-order valence-corrected chi connectivity index (χ1v) is 12.9. The summed E-state index contributed by atoms with van der Waals surface area (Å²) in [7, 11) is 2.91. The van der Waals surface area contributed by atoms with Gasteiger partial charge < -0.3 is 30.2 Å². The van der Waals surface area contributed by atoms with E-state index in [0.29, 0.717) is 47.1 Å². The number of piperidine rings is 1. The van der Waals surface area contributed by atoms with Crippen molar-refractivity contribution in [2.45, 2.75) is 38.3 Å². The summed E-state index contributed by atoms with van der Waals surface area (Å²) >= 11 is 0. The van der Waals surface area contributed by atoms with Gasteiger partial charge in [-0.1, -0.05) is 6.07 Å². The van der Waals surface area contributed by atoms with E-state index in [1.165, 1.54) is 19.1 Å². The monoisotopic (exact) mass is 552 g/mol. The summed E-state index contributed by atoms with van der Waals surface area (Å²) in [6.45, 7) is 1.01. The Labute approximate surface area is 231 Å². The van der Waals surface area contributed by atoms with Gasteiger partial charge in [-0.15, -0.1) is 0 Å². The predicted molar refractivity (Wildman–Crippen MR) is 143 cm³/mol. The molecule has 4 N–H and O–H groups in total. The maximum Gasteiger partial charge on any atom is 0.257 e. The molecule has 212 valence electrons. The van der Waals surface area contributed by atoms with E-state index in [0.717, 1.165) is 12.8 Å². The number of rotatable bonds is 12. The van der Waals surface area contributed by atoms with Crippen molar-refractivity contribution in [3.63, 3.8) is 0 Å². The Morgan fingerprint density at radius 1 is 1.12 bits per heavy atom. The van der Waals surface area contributed by atoms with Crippen molar-refractivity contribution >= 4 is 35.0 Å². The Kier molecular flexibility index (Phi) is 9.27. The smallest absolute Gasteiger partial charge is 0.257 e. The third-order valence-electron chi connectivity index (χ3n) is 6.58. The van der Waals surface area contributed by atoms with Crippen LogP contribution in [-0.2, 0) is 20.9 Å². The Hall–Kier alpha value is -4.52. The SMILES string of the molecule is COc1cc(/N=N/c2cccc3c2CN(C2CCC(=O)NC2=O)C3=O)cc(OC)c1OCC(=O)NCCCCN. The van der Waals surface area contributed by atoms with E-state index >= 15 is 0 Å². The number of benzene rings is 2. The molecule has 13 nitrogen and oxygen atoms in total. The zero-order valence-electron chi connectivity index (χ0n) is 22.4. The number of imide groups is 1. The highest BCUT2D eigenvalue weighted by Crippen LogP contribution is 2.42. The molecule has 1 atom stereocenters. The first-order valence-electron chi connectivity index (χ1n) is 12.9. The van der Waals surface area contributed by atoms with Crippen LogP contribution in [0.1, 0.15) is 41.6 Å². The van der Waals surface area contributed by atoms with E-state index in [2.05, 4.69) is 20.9 Å². The summed E-state index contributed by atoms with van der Waals surface area (Å²) in [5, 5.41) is 13.7. The second kappa shape index (κ2) is 13.0. The Morgan fingerprint density at radius 3 is 2.55 bits per heavy atom. The van der Waals surface area contributed by atoms with Gasteiger partial charge in [0.1, 0.15) is 6.04 Å². The molecule has 2 aromatic rings. The maximum atomic E-state index is 13.1. The molecule has 1 unspecified atom stereocenters. The number of hydrogen-bond donors (Lipinski definition) is 3. The first-order chi connectivity index (χ1) is 19.4. The minimum Gasteiger partial charge on any atom is -0.493 e. The van der Waals surface area contributed by atoms with Crippen LogP contribution in [-0.4, -0.2) is 68.5 Å². The van der Waals surface area contributed by atoms with Crippen LogP contribution < -0.4 is 30.6 Å². The van der Waals surface area contributed by atoms with E-state index in [4.69, 9.17) is 19.9 Å². The first kappa shape index (κ1) is 28.5. The molecule has 2 aliphatic rings. The van der Waals surface area contributed by atoms with Crippen molar-refractivity contribution < 1.29 is 33.4 Å². The van der Waals surface area contributed by atoms with Crippen LogP contribution in [0.5, 0.6) is 17.2 Å². The van der Waals surface area contributed by atoms with E-state index in [-0.39, 0.29) is 49.5 Å². The molecule has 13 heteroatoms. The lowest BCUT2D eigenvalue weighted by Gasteiger charge is -2.29. The van der Waals surface area contributed by atoms with Crippen LogP contribution >= 0.6 is 0 Å². The molecule has 0 bridgehead atoms. The zero-order valence-corrected chi connectivity index (χ0v) is 22.4. The van der Waals surface area contributed by atoms with Crippen molar-refractivity contribution in [2.24, 2.45) is 16.0 Å². The van der Waals surface area contributed by atoms with Crippen molar-refractivity contribution in [1.82, 2.24) is 15.5 Å². The number of carbonyl (C=O) groups excluding carboxylic acids is 4. The fraction of sp³-hybridized carbons (Fsp3) is 0.407. The van der Waals surface area contributed by atoms with Gasteiger partial charge in [0, 0.05) is 42.8 Å². The molecule has 2 aliphatic heterocycles. The molecular weight excluding hydrogens is 520 g/mol. The van der Waals surface area contributed by atoms with Gasteiger partial charge in [0.2, 0.25) is 17.6 Å². The standard InChI is InChI=1S/C27H32N6O7/c1-38-21-12-16(13-22(39-2)25(21)40-15-24(35)29-11-4-3-10-28)31-32-19-7-5-6-17-18(19)14-33(27(17)37)20-8-9-23(34)30-26(20)36/h5-7,12-13,20H,3-4,8-11,14-15,28H2,1-2H3,(H,29,35)(H,30,34,36)/b32-31+. The summed E-state index contributed by atoms with van der Waals surface area (Å²) in [5.41, 5.74) is 7.38. The molecule has 2 heterocycles. The quantitative estimate of drug-likeness (QED) is 0.204. The minimum absolute atomic E-state index is 0.170. The van der Waals surface area contributed by atoms with E-state index in [9.17, 15) is 19.2 Å². The maximum absolute atomic E-state index is 13.1. The molecule has 4 amide bonds. The van der Waals surface area contributed by atoms with Gasteiger partial charge in [0.15, 0.2) is 18.1 Å². The summed E-state index contributed by atoms with van der Waals surface area (Å²) < 4.78 is 16.6. The second-order valence-electron chi connectivity index (χ2n) is 9.22. The number of ether oxygens (including phenoxy) is 3. The molecular formula is C27H32N6O7. The summed E-state index contributed by atoms with van der Waals surface area (Å²) in [6, 6.07) is 7.54. The van der Waals surface area contributed by atoms with Crippen LogP contribution in [0.15, 0.2) is 40.6 Å². The highest BCUT2D eigenvalue weighted by atomic mass is 16.5. The fourth-order valence-electron chi connectivity index (χ4n) is 4.53. The van der Waals surface area contributed by atoms with Crippen LogP contribution in [0.2, 0.25) is 0 Å². The molecule has 4 rings (SSSR count). The number of nitrogens with one attached hydrogen (secondary N) is 2. The normalized spacial score (nSPS) is 16.6. The van der Waals surface area contributed by atoms with Gasteiger partial charge in [-0.25, -0.2) is 0 Å². The van der Waals surface area contributed by atoms with Crippen molar-refractivity contribution in [1.29, 1.82) is 0 Å². The van der Waals surface area contributed by atoms with Crippen LogP contribution in [0.25, 0.3) is 0 Å². The summed E-state index contributed by atoms with van der Waals surface area (Å²) in [4.78, 5) is 50.5. The number of unbranched alkanes of at least 4 members (excludes halogenated alkanes) is 1. The predicted octanol–water partition coefficient (Wildman–Crippen LogP) is 2.11. The number of azo groups is 1. The van der Waals surface area contributed by atoms with Gasteiger partial charge in [-0.05, 0) is 37.9 Å². The average Bonchev–Trinajstić information content (AvgIpc) is 3.29. The Bertz CT molecular complexity index is 1300. The largest absolute Gasteiger partial charge is 0.493 e. The highest BCUT2D eigenvalue weighted by Gasteiger charge is 2.39. The Morgan fingerprint density at radius 2 is 1.88 bits per heavy atom. The van der Waals surface area contributed by atoms with Crippen molar-refractivity contribution in [2.75, 3.05) is 33.9 Å². The number of carbonyl (C=O) groups is 4. The van der Waals surface area contributed by atoms with E-state index < -0.39 is 11.9 Å². The number of fused-ring (bicyclic) bond motifs is 1. The third-order valence-corrected chi connectivity index (χ3v) is 6.58. The second-order valence-corrected chi connectivity index (χ2v) is 9.22. The van der Waals surface area contributed by atoms with Gasteiger partial charge in [-0.3, -0.25) is 24.5 Å².